The number of imidazole rings is 1. The quantitative estimate of drug-likeness (QED) is 0.269. The molecular formula is C32H35FN4O3. The average molecular weight is 543 g/mol. The highest BCUT2D eigenvalue weighted by molar-refractivity contribution is 5.89. The summed E-state index contributed by atoms with van der Waals surface area (Å²) in [5.74, 6) is 0.311. The average Bonchev–Trinajstić information content (AvgIpc) is 3.46. The first kappa shape index (κ1) is 27.4. The summed E-state index contributed by atoms with van der Waals surface area (Å²) in [5.41, 5.74) is 5.44. The summed E-state index contributed by atoms with van der Waals surface area (Å²) in [6.45, 7) is 8.60. The van der Waals surface area contributed by atoms with Crippen molar-refractivity contribution in [3.63, 3.8) is 0 Å². The van der Waals surface area contributed by atoms with Crippen LogP contribution in [0.3, 0.4) is 0 Å². The molecule has 0 amide bonds. The summed E-state index contributed by atoms with van der Waals surface area (Å²) in [6.07, 6.45) is 7.89. The molecular weight excluding hydrogens is 507 g/mol. The maximum Gasteiger partial charge on any atom is 0.307 e. The van der Waals surface area contributed by atoms with Crippen LogP contribution in [0.1, 0.15) is 43.5 Å². The van der Waals surface area contributed by atoms with E-state index in [-0.39, 0.29) is 17.7 Å². The lowest BCUT2D eigenvalue weighted by Crippen LogP contribution is -2.38. The van der Waals surface area contributed by atoms with Crippen LogP contribution in [-0.2, 0) is 17.6 Å². The van der Waals surface area contributed by atoms with Crippen LogP contribution in [0, 0.1) is 18.2 Å². The molecule has 0 bridgehead atoms. The smallest absolute Gasteiger partial charge is 0.307 e. The molecule has 208 valence electrons. The van der Waals surface area contributed by atoms with Crippen LogP contribution in [0.25, 0.3) is 16.9 Å². The predicted octanol–water partition coefficient (Wildman–Crippen LogP) is 6.26. The molecule has 40 heavy (non-hydrogen) atoms. The molecule has 3 heterocycles. The fraction of sp³-hybridized carbons (Fsp3) is 0.344. The molecule has 5 rings (SSSR count). The molecule has 0 aliphatic carbocycles. The number of hydrogen-bond acceptors (Lipinski definition) is 5. The molecule has 1 N–H and O–H groups in total. The van der Waals surface area contributed by atoms with E-state index in [1.165, 1.54) is 12.1 Å². The minimum atomic E-state index is -0.880. The van der Waals surface area contributed by atoms with Crippen molar-refractivity contribution in [2.75, 3.05) is 24.6 Å². The van der Waals surface area contributed by atoms with Crippen LogP contribution in [0.15, 0.2) is 67.3 Å². The zero-order valence-corrected chi connectivity index (χ0v) is 23.2. The predicted molar refractivity (Wildman–Crippen MR) is 154 cm³/mol. The molecule has 1 fully saturated rings. The first-order chi connectivity index (χ1) is 19.2. The minimum absolute atomic E-state index is 0.101. The Morgan fingerprint density at radius 2 is 1.77 bits per heavy atom. The monoisotopic (exact) mass is 542 g/mol. The molecule has 2 aromatic heterocycles. The second-order valence-electron chi connectivity index (χ2n) is 11.2. The van der Waals surface area contributed by atoms with Crippen molar-refractivity contribution in [2.24, 2.45) is 5.41 Å². The SMILES string of the molecule is Cc1nc(-n2ccnc2)c(-c2ccc(OCCc3ccc(F)cc3)cc2)c(N2CCC(C)(C)CC2)c1CC(=O)O. The van der Waals surface area contributed by atoms with E-state index in [0.717, 1.165) is 59.6 Å². The van der Waals surface area contributed by atoms with Gasteiger partial charge in [-0.3, -0.25) is 9.36 Å². The normalized spacial score (nSPS) is 14.8. The van der Waals surface area contributed by atoms with Gasteiger partial charge < -0.3 is 14.7 Å². The Morgan fingerprint density at radius 3 is 2.40 bits per heavy atom. The second-order valence-corrected chi connectivity index (χ2v) is 11.2. The third-order valence-corrected chi connectivity index (χ3v) is 7.68. The molecule has 0 spiro atoms. The molecule has 2 aromatic carbocycles. The van der Waals surface area contributed by atoms with Gasteiger partial charge >= 0.3 is 5.97 Å². The van der Waals surface area contributed by atoms with E-state index in [4.69, 9.17) is 9.72 Å². The number of ether oxygens (including phenoxy) is 1. The van der Waals surface area contributed by atoms with Gasteiger partial charge in [-0.1, -0.05) is 38.1 Å². The van der Waals surface area contributed by atoms with Crippen LogP contribution in [-0.4, -0.2) is 45.3 Å². The van der Waals surface area contributed by atoms with Crippen LogP contribution in [0.2, 0.25) is 0 Å². The third kappa shape index (κ3) is 6.17. The summed E-state index contributed by atoms with van der Waals surface area (Å²) in [7, 11) is 0. The first-order valence-corrected chi connectivity index (χ1v) is 13.7. The number of benzene rings is 2. The van der Waals surface area contributed by atoms with Crippen molar-refractivity contribution >= 4 is 11.7 Å². The van der Waals surface area contributed by atoms with Gasteiger partial charge in [0.1, 0.15) is 23.7 Å². The fourth-order valence-electron chi connectivity index (χ4n) is 5.25. The molecule has 7 nitrogen and oxygen atoms in total. The Bertz CT molecular complexity index is 1460. The molecule has 1 saturated heterocycles. The van der Waals surface area contributed by atoms with E-state index in [1.54, 1.807) is 24.7 Å². The zero-order valence-electron chi connectivity index (χ0n) is 23.2. The lowest BCUT2D eigenvalue weighted by molar-refractivity contribution is -0.136. The van der Waals surface area contributed by atoms with Crippen molar-refractivity contribution in [3.8, 4) is 22.7 Å². The van der Waals surface area contributed by atoms with Crippen LogP contribution in [0.5, 0.6) is 5.75 Å². The second kappa shape index (κ2) is 11.5. The molecule has 0 radical (unpaired) electrons. The van der Waals surface area contributed by atoms with Gasteiger partial charge in [0.15, 0.2) is 0 Å². The summed E-state index contributed by atoms with van der Waals surface area (Å²) in [5, 5.41) is 9.83. The van der Waals surface area contributed by atoms with Crippen molar-refractivity contribution < 1.29 is 19.0 Å². The number of rotatable bonds is 9. The van der Waals surface area contributed by atoms with E-state index in [2.05, 4.69) is 23.7 Å². The van der Waals surface area contributed by atoms with E-state index in [9.17, 15) is 14.3 Å². The number of anilines is 1. The van der Waals surface area contributed by atoms with Crippen LogP contribution >= 0.6 is 0 Å². The Hall–Kier alpha value is -4.20. The number of aryl methyl sites for hydroxylation is 1. The molecule has 0 unspecified atom stereocenters. The Balaban J connectivity index is 1.52. The number of piperidine rings is 1. The van der Waals surface area contributed by atoms with Crippen LogP contribution < -0.4 is 9.64 Å². The van der Waals surface area contributed by atoms with E-state index in [0.29, 0.717) is 24.5 Å². The Kier molecular flexibility index (Phi) is 7.87. The fourth-order valence-corrected chi connectivity index (χ4v) is 5.25. The summed E-state index contributed by atoms with van der Waals surface area (Å²) >= 11 is 0. The summed E-state index contributed by atoms with van der Waals surface area (Å²) < 4.78 is 21.1. The van der Waals surface area contributed by atoms with Gasteiger partial charge in [-0.15, -0.1) is 0 Å². The van der Waals surface area contributed by atoms with Crippen molar-refractivity contribution in [2.45, 2.75) is 46.5 Å². The van der Waals surface area contributed by atoms with Gasteiger partial charge in [-0.25, -0.2) is 14.4 Å². The number of carboxylic acid groups (broad SMARTS) is 1. The molecule has 1 aliphatic rings. The van der Waals surface area contributed by atoms with Gasteiger partial charge in [0, 0.05) is 48.7 Å². The topological polar surface area (TPSA) is 80.5 Å². The minimum Gasteiger partial charge on any atom is -0.493 e. The zero-order chi connectivity index (χ0) is 28.3. The van der Waals surface area contributed by atoms with Crippen molar-refractivity contribution in [1.29, 1.82) is 0 Å². The highest BCUT2D eigenvalue weighted by atomic mass is 19.1. The number of aromatic nitrogens is 3. The van der Waals surface area contributed by atoms with E-state index >= 15 is 0 Å². The number of pyridine rings is 1. The van der Waals surface area contributed by atoms with Gasteiger partial charge in [0.05, 0.1) is 18.7 Å². The van der Waals surface area contributed by atoms with Gasteiger partial charge in [0.25, 0.3) is 0 Å². The van der Waals surface area contributed by atoms with Gasteiger partial charge in [-0.2, -0.15) is 0 Å². The number of nitrogens with zero attached hydrogens (tertiary/aromatic N) is 4. The van der Waals surface area contributed by atoms with Crippen molar-refractivity contribution in [3.05, 3.63) is 89.9 Å². The first-order valence-electron chi connectivity index (χ1n) is 13.7. The highest BCUT2D eigenvalue weighted by Crippen LogP contribution is 2.43. The number of carboxylic acids is 1. The number of carbonyl (C=O) groups is 1. The van der Waals surface area contributed by atoms with Crippen LogP contribution in [0.4, 0.5) is 10.1 Å². The molecule has 0 atom stereocenters. The lowest BCUT2D eigenvalue weighted by Gasteiger charge is -2.40. The molecule has 1 aliphatic heterocycles. The number of hydrogen-bond donors (Lipinski definition) is 1. The number of aliphatic carboxylic acids is 1. The third-order valence-electron chi connectivity index (χ3n) is 7.68. The van der Waals surface area contributed by atoms with E-state index < -0.39 is 5.97 Å². The maximum absolute atomic E-state index is 13.2. The lowest BCUT2D eigenvalue weighted by atomic mass is 9.82. The molecule has 8 heteroatoms. The van der Waals surface area contributed by atoms with Gasteiger partial charge in [-0.05, 0) is 60.6 Å². The van der Waals surface area contributed by atoms with E-state index in [1.807, 2.05) is 42.0 Å². The maximum atomic E-state index is 13.2. The molecule has 0 saturated carbocycles. The standard InChI is InChI=1S/C32H35FN4O3/c1-22-27(20-28(38)39)30(36-16-13-32(2,3)14-17-36)29(31(35-22)37-18-15-34-21-37)24-6-10-26(11-7-24)40-19-12-23-4-8-25(33)9-5-23/h4-11,15,18,21H,12-14,16-17,19-20H2,1-3H3,(H,38,39). The molecule has 4 aromatic rings. The highest BCUT2D eigenvalue weighted by Gasteiger charge is 2.31. The largest absolute Gasteiger partial charge is 0.493 e. The summed E-state index contributed by atoms with van der Waals surface area (Å²) in [6, 6.07) is 14.3. The van der Waals surface area contributed by atoms with Gasteiger partial charge in [0.2, 0.25) is 0 Å². The van der Waals surface area contributed by atoms with Crippen molar-refractivity contribution in [1.82, 2.24) is 14.5 Å². The number of halogens is 1. The summed E-state index contributed by atoms with van der Waals surface area (Å²) in [4.78, 5) is 23.5. The Morgan fingerprint density at radius 1 is 1.07 bits per heavy atom. The Labute approximate surface area is 234 Å².